The number of hydrogen-bond donors (Lipinski definition) is 4. The van der Waals surface area contributed by atoms with E-state index in [1.54, 1.807) is 42.5 Å². The van der Waals surface area contributed by atoms with Gasteiger partial charge in [0.25, 0.3) is 5.91 Å². The van der Waals surface area contributed by atoms with Crippen LogP contribution in [0.25, 0.3) is 32.7 Å². The molecule has 11 heteroatoms. The van der Waals surface area contributed by atoms with E-state index in [9.17, 15) is 19.8 Å². The first kappa shape index (κ1) is 36.6. The number of benzene rings is 8. The summed E-state index contributed by atoms with van der Waals surface area (Å²) in [5.41, 5.74) is 9.39. The third kappa shape index (κ3) is 7.25. The molecule has 286 valence electrons. The highest BCUT2D eigenvalue weighted by atomic mass is 16.6. The fourth-order valence-electron chi connectivity index (χ4n) is 7.20. The summed E-state index contributed by atoms with van der Waals surface area (Å²) in [6.07, 6.45) is 0. The Labute approximate surface area is 338 Å². The SMILES string of the molecule is Cc1cccc(NC(=O)c2cc3ccccc3c(N=Nc3ccc4c(c3)C(=O)c3cc(N=Nc5c(O)c(CONc6ccccc6)cc6ccccc56)ccc3-4)c2O)c1. The Morgan fingerprint density at radius 2 is 1.15 bits per heavy atom. The van der Waals surface area contributed by atoms with Crippen LogP contribution in [0.4, 0.5) is 34.1 Å². The minimum atomic E-state index is -0.490. The molecule has 1 aliphatic rings. The second kappa shape index (κ2) is 15.5. The predicted octanol–water partition coefficient (Wildman–Crippen LogP) is 12.6. The molecule has 0 atom stereocenters. The molecule has 1 amide bonds. The lowest BCUT2D eigenvalue weighted by atomic mass is 10.0. The normalized spacial score (nSPS) is 12.1. The zero-order valence-electron chi connectivity index (χ0n) is 31.5. The Bertz CT molecular complexity index is 3040. The topological polar surface area (TPSA) is 157 Å². The van der Waals surface area contributed by atoms with Crippen LogP contribution in [0.1, 0.15) is 37.4 Å². The van der Waals surface area contributed by atoms with Crippen LogP contribution in [-0.4, -0.2) is 21.9 Å². The Morgan fingerprint density at radius 1 is 0.576 bits per heavy atom. The van der Waals surface area contributed by atoms with Crippen molar-refractivity contribution in [1.29, 1.82) is 0 Å². The van der Waals surface area contributed by atoms with E-state index >= 15 is 0 Å². The molecule has 9 rings (SSSR count). The fraction of sp³-hybridized carbons (Fsp3) is 0.0417. The Hall–Kier alpha value is -8.02. The van der Waals surface area contributed by atoms with E-state index < -0.39 is 5.91 Å². The van der Waals surface area contributed by atoms with Crippen molar-refractivity contribution in [1.82, 2.24) is 0 Å². The molecule has 0 aromatic heterocycles. The quantitative estimate of drug-likeness (QED) is 0.0800. The van der Waals surface area contributed by atoms with Gasteiger partial charge in [-0.25, -0.2) is 0 Å². The number of aryl methyl sites for hydroxylation is 1. The van der Waals surface area contributed by atoms with E-state index in [4.69, 9.17) is 4.84 Å². The first-order valence-electron chi connectivity index (χ1n) is 18.8. The number of nitrogens with zero attached hydrogens (tertiary/aromatic N) is 4. The summed E-state index contributed by atoms with van der Waals surface area (Å²) < 4.78 is 0. The van der Waals surface area contributed by atoms with Crippen molar-refractivity contribution < 1.29 is 24.6 Å². The zero-order chi connectivity index (χ0) is 40.5. The molecule has 11 nitrogen and oxygen atoms in total. The number of para-hydroxylation sites is 1. The highest BCUT2D eigenvalue weighted by Crippen LogP contribution is 2.44. The predicted molar refractivity (Wildman–Crippen MR) is 229 cm³/mol. The van der Waals surface area contributed by atoms with E-state index in [2.05, 4.69) is 31.3 Å². The summed E-state index contributed by atoms with van der Waals surface area (Å²) in [6.45, 7) is 1.99. The number of amides is 1. The van der Waals surface area contributed by atoms with Crippen molar-refractivity contribution in [3.05, 3.63) is 179 Å². The van der Waals surface area contributed by atoms with Gasteiger partial charge in [-0.1, -0.05) is 91.0 Å². The monoisotopic (exact) mass is 774 g/mol. The molecule has 0 fully saturated rings. The molecule has 0 spiro atoms. The summed E-state index contributed by atoms with van der Waals surface area (Å²) in [4.78, 5) is 32.9. The first-order chi connectivity index (χ1) is 28.8. The second-order valence-electron chi connectivity index (χ2n) is 14.1. The van der Waals surface area contributed by atoms with Crippen molar-refractivity contribution >= 4 is 67.4 Å². The number of nitrogens with one attached hydrogen (secondary N) is 2. The third-order valence-corrected chi connectivity index (χ3v) is 10.1. The van der Waals surface area contributed by atoms with Crippen LogP contribution in [0.5, 0.6) is 11.5 Å². The minimum absolute atomic E-state index is 0.0490. The van der Waals surface area contributed by atoms with Crippen LogP contribution in [0.2, 0.25) is 0 Å². The summed E-state index contributed by atoms with van der Waals surface area (Å²) in [5, 5.41) is 46.2. The number of phenolic OH excluding ortho intramolecular Hbond substituents is 2. The lowest BCUT2D eigenvalue weighted by molar-refractivity contribution is 0.102. The lowest BCUT2D eigenvalue weighted by Crippen LogP contribution is -2.12. The number of azo groups is 2. The highest BCUT2D eigenvalue weighted by Gasteiger charge is 2.27. The molecule has 4 N–H and O–H groups in total. The van der Waals surface area contributed by atoms with Gasteiger partial charge in [-0.05, 0) is 95.1 Å². The van der Waals surface area contributed by atoms with Gasteiger partial charge < -0.3 is 15.5 Å². The highest BCUT2D eigenvalue weighted by molar-refractivity contribution is 6.22. The molecule has 0 aliphatic heterocycles. The largest absolute Gasteiger partial charge is 0.505 e. The standard InChI is InChI=1S/C48H34N6O5/c1-28-10-9-15-33(22-28)49-48(58)42-24-30-12-6-8-17-37(30)44(47(42)57)53-51-35-19-21-39-38-20-18-34(25-40(38)46(56)41(39)26-35)50-52-43-36-16-7-5-11-29(36)23-31(45(43)55)27-59-54-32-13-3-2-4-14-32/h2-26,54-55,57H,27H2,1H3,(H,49,58). The maximum absolute atomic E-state index is 13.8. The van der Waals surface area contributed by atoms with Crippen LogP contribution in [0, 0.1) is 6.92 Å². The number of hydrogen-bond acceptors (Lipinski definition) is 10. The van der Waals surface area contributed by atoms with Gasteiger partial charge in [0.15, 0.2) is 11.5 Å². The number of anilines is 2. The molecule has 0 heterocycles. The van der Waals surface area contributed by atoms with Gasteiger partial charge in [-0.15, -0.1) is 10.2 Å². The average molecular weight is 775 g/mol. The third-order valence-electron chi connectivity index (χ3n) is 10.1. The Morgan fingerprint density at radius 3 is 1.80 bits per heavy atom. The number of carbonyl (C=O) groups is 2. The number of phenols is 2. The number of rotatable bonds is 10. The Balaban J connectivity index is 0.972. The summed E-state index contributed by atoms with van der Waals surface area (Å²) >= 11 is 0. The lowest BCUT2D eigenvalue weighted by Gasteiger charge is -2.12. The average Bonchev–Trinajstić information content (AvgIpc) is 3.53. The first-order valence-corrected chi connectivity index (χ1v) is 18.8. The van der Waals surface area contributed by atoms with Crippen LogP contribution >= 0.6 is 0 Å². The minimum Gasteiger partial charge on any atom is -0.505 e. The molecule has 0 saturated carbocycles. The molecule has 8 aromatic rings. The zero-order valence-corrected chi connectivity index (χ0v) is 31.5. The molecule has 0 unspecified atom stereocenters. The van der Waals surface area contributed by atoms with E-state index in [1.807, 2.05) is 116 Å². The van der Waals surface area contributed by atoms with E-state index in [0.717, 1.165) is 27.8 Å². The second-order valence-corrected chi connectivity index (χ2v) is 14.1. The molecule has 0 radical (unpaired) electrons. The van der Waals surface area contributed by atoms with Crippen LogP contribution in [-0.2, 0) is 11.4 Å². The van der Waals surface area contributed by atoms with Gasteiger partial charge in [0, 0.05) is 33.2 Å². The molecule has 1 aliphatic carbocycles. The van der Waals surface area contributed by atoms with Gasteiger partial charge in [-0.2, -0.15) is 10.2 Å². The van der Waals surface area contributed by atoms with E-state index in [-0.39, 0.29) is 40.8 Å². The van der Waals surface area contributed by atoms with Crippen LogP contribution in [0.3, 0.4) is 0 Å². The molecular formula is C48H34N6O5. The smallest absolute Gasteiger partial charge is 0.259 e. The number of fused-ring (bicyclic) bond motifs is 5. The fourth-order valence-corrected chi connectivity index (χ4v) is 7.20. The van der Waals surface area contributed by atoms with Crippen LogP contribution < -0.4 is 10.8 Å². The summed E-state index contributed by atoms with van der Waals surface area (Å²) in [7, 11) is 0. The molecular weight excluding hydrogens is 741 g/mol. The van der Waals surface area contributed by atoms with Gasteiger partial charge >= 0.3 is 0 Å². The van der Waals surface area contributed by atoms with Crippen molar-refractivity contribution in [3.8, 4) is 22.6 Å². The number of carbonyl (C=O) groups excluding carboxylic acids is 2. The van der Waals surface area contributed by atoms with Gasteiger partial charge in [0.2, 0.25) is 0 Å². The van der Waals surface area contributed by atoms with Crippen LogP contribution in [0.15, 0.2) is 172 Å². The van der Waals surface area contributed by atoms with Gasteiger partial charge in [0.05, 0.1) is 22.6 Å². The van der Waals surface area contributed by atoms with Crippen molar-refractivity contribution in [2.24, 2.45) is 20.5 Å². The van der Waals surface area contributed by atoms with Crippen molar-refractivity contribution in [2.75, 3.05) is 10.8 Å². The maximum Gasteiger partial charge on any atom is 0.259 e. The molecule has 59 heavy (non-hydrogen) atoms. The van der Waals surface area contributed by atoms with Gasteiger partial charge in [0.1, 0.15) is 23.7 Å². The summed E-state index contributed by atoms with van der Waals surface area (Å²) in [5.74, 6) is -1.08. The Kier molecular flexibility index (Phi) is 9.61. The maximum atomic E-state index is 13.8. The van der Waals surface area contributed by atoms with Gasteiger partial charge in [-0.3, -0.25) is 19.9 Å². The van der Waals surface area contributed by atoms with Crippen molar-refractivity contribution in [2.45, 2.75) is 13.5 Å². The molecule has 0 saturated heterocycles. The van der Waals surface area contributed by atoms with E-state index in [1.165, 1.54) is 0 Å². The summed E-state index contributed by atoms with van der Waals surface area (Å²) in [6, 6.07) is 45.6. The number of ketones is 1. The number of aromatic hydroxyl groups is 2. The molecule has 8 aromatic carbocycles. The van der Waals surface area contributed by atoms with E-state index in [0.29, 0.717) is 49.9 Å². The van der Waals surface area contributed by atoms with Crippen molar-refractivity contribution in [3.63, 3.8) is 0 Å². The molecule has 0 bridgehead atoms.